The molecule has 0 spiro atoms. The minimum absolute atomic E-state index is 0.0290. The Morgan fingerprint density at radius 1 is 1.36 bits per heavy atom. The van der Waals surface area contributed by atoms with E-state index >= 15 is 0 Å². The van der Waals surface area contributed by atoms with Gasteiger partial charge in [-0.05, 0) is 37.8 Å². The van der Waals surface area contributed by atoms with Gasteiger partial charge in [-0.25, -0.2) is 4.79 Å². The average molecular weight is 304 g/mol. The summed E-state index contributed by atoms with van der Waals surface area (Å²) in [5.41, 5.74) is -0.808. The summed E-state index contributed by atoms with van der Waals surface area (Å²) in [7, 11) is 0. The number of hydrogen-bond acceptors (Lipinski definition) is 4. The largest absolute Gasteiger partial charge is 0.491 e. The first kappa shape index (κ1) is 14.8. The van der Waals surface area contributed by atoms with Crippen LogP contribution in [0.1, 0.15) is 19.8 Å². The summed E-state index contributed by atoms with van der Waals surface area (Å²) in [5, 5.41) is 12.8. The molecule has 1 saturated carbocycles. The van der Waals surface area contributed by atoms with Crippen LogP contribution in [0.5, 0.6) is 5.75 Å². The molecule has 3 rings (SSSR count). The fraction of sp³-hybridized carbons (Fsp3) is 0.500. The van der Waals surface area contributed by atoms with Crippen molar-refractivity contribution in [3.8, 4) is 5.75 Å². The number of ether oxygens (including phenoxy) is 1. The van der Waals surface area contributed by atoms with Crippen LogP contribution in [-0.4, -0.2) is 46.7 Å². The molecule has 2 fully saturated rings. The molecule has 1 aromatic carbocycles. The Hall–Kier alpha value is -2.08. The Morgan fingerprint density at radius 2 is 2.05 bits per heavy atom. The van der Waals surface area contributed by atoms with Crippen LogP contribution in [0.4, 0.5) is 4.79 Å². The SMILES string of the molecule is C[C@@]1(C2CC2)NC(=O)N(C[C@@H](O)COc2ccccc2)C1=O. The second-order valence-electron chi connectivity index (χ2n) is 6.10. The molecule has 0 radical (unpaired) electrons. The van der Waals surface area contributed by atoms with Gasteiger partial charge in [-0.15, -0.1) is 0 Å². The number of amides is 3. The minimum Gasteiger partial charge on any atom is -0.491 e. The highest BCUT2D eigenvalue weighted by atomic mass is 16.5. The van der Waals surface area contributed by atoms with Crippen molar-refractivity contribution < 1.29 is 19.4 Å². The molecule has 0 bridgehead atoms. The molecular formula is C16H20N2O4. The number of carbonyl (C=O) groups is 2. The molecule has 3 amide bonds. The molecule has 0 aromatic heterocycles. The normalized spacial score (nSPS) is 26.0. The number of rotatable bonds is 6. The summed E-state index contributed by atoms with van der Waals surface area (Å²) in [6.07, 6.45) is 0.989. The number of β-amino-alcohol motifs (C(OH)–C–C–N with tert-alkyl or cyclic N) is 1. The number of hydrogen-bond donors (Lipinski definition) is 2. The second kappa shape index (κ2) is 5.61. The van der Waals surface area contributed by atoms with Crippen molar-refractivity contribution in [1.82, 2.24) is 10.2 Å². The lowest BCUT2D eigenvalue weighted by Gasteiger charge is -2.22. The van der Waals surface area contributed by atoms with Crippen LogP contribution in [0.3, 0.4) is 0 Å². The van der Waals surface area contributed by atoms with Gasteiger partial charge >= 0.3 is 6.03 Å². The maximum absolute atomic E-state index is 12.4. The molecule has 22 heavy (non-hydrogen) atoms. The van der Waals surface area contributed by atoms with Crippen molar-refractivity contribution in [2.24, 2.45) is 5.92 Å². The number of aliphatic hydroxyl groups excluding tert-OH is 1. The molecule has 1 aliphatic heterocycles. The summed E-state index contributed by atoms with van der Waals surface area (Å²) in [5.74, 6) is 0.604. The Labute approximate surface area is 129 Å². The van der Waals surface area contributed by atoms with Crippen LogP contribution in [0.25, 0.3) is 0 Å². The number of benzene rings is 1. The summed E-state index contributed by atoms with van der Waals surface area (Å²) >= 11 is 0. The van der Waals surface area contributed by atoms with Crippen LogP contribution >= 0.6 is 0 Å². The Morgan fingerprint density at radius 3 is 2.68 bits per heavy atom. The number of carbonyl (C=O) groups excluding carboxylic acids is 2. The summed E-state index contributed by atoms with van der Waals surface area (Å²) in [6, 6.07) is 8.67. The lowest BCUT2D eigenvalue weighted by atomic mass is 9.96. The molecular weight excluding hydrogens is 284 g/mol. The first-order chi connectivity index (χ1) is 10.5. The van der Waals surface area contributed by atoms with Gasteiger partial charge in [0.05, 0.1) is 6.54 Å². The number of nitrogens with zero attached hydrogens (tertiary/aromatic N) is 1. The third kappa shape index (κ3) is 2.78. The first-order valence-corrected chi connectivity index (χ1v) is 7.51. The van der Waals surface area contributed by atoms with E-state index in [1.54, 1.807) is 19.1 Å². The monoisotopic (exact) mass is 304 g/mol. The van der Waals surface area contributed by atoms with Gasteiger partial charge in [0.2, 0.25) is 0 Å². The predicted molar refractivity (Wildman–Crippen MR) is 79.3 cm³/mol. The molecule has 1 aromatic rings. The standard InChI is InChI=1S/C16H20N2O4/c1-16(11-7-8-11)14(20)18(15(21)17-16)9-12(19)10-22-13-5-3-2-4-6-13/h2-6,11-12,19H,7-10H2,1H3,(H,17,21)/t12-,16+/m1/s1. The number of imide groups is 1. The highest BCUT2D eigenvalue weighted by molar-refractivity contribution is 6.07. The Bertz CT molecular complexity index is 573. The van der Waals surface area contributed by atoms with Crippen molar-refractivity contribution >= 4 is 11.9 Å². The number of aliphatic hydroxyl groups is 1. The van der Waals surface area contributed by atoms with E-state index in [-0.39, 0.29) is 25.0 Å². The van der Waals surface area contributed by atoms with E-state index in [9.17, 15) is 14.7 Å². The highest BCUT2D eigenvalue weighted by Gasteiger charge is 2.56. The smallest absolute Gasteiger partial charge is 0.325 e. The summed E-state index contributed by atoms with van der Waals surface area (Å²) in [4.78, 5) is 25.5. The topological polar surface area (TPSA) is 78.9 Å². The maximum Gasteiger partial charge on any atom is 0.325 e. The lowest BCUT2D eigenvalue weighted by molar-refractivity contribution is -0.132. The van der Waals surface area contributed by atoms with Crippen LogP contribution in [0.15, 0.2) is 30.3 Å². The third-order valence-corrected chi connectivity index (χ3v) is 4.27. The quantitative estimate of drug-likeness (QED) is 0.773. The maximum atomic E-state index is 12.4. The van der Waals surface area contributed by atoms with Crippen LogP contribution < -0.4 is 10.1 Å². The van der Waals surface area contributed by atoms with Crippen molar-refractivity contribution in [2.45, 2.75) is 31.4 Å². The van der Waals surface area contributed by atoms with Gasteiger partial charge in [-0.3, -0.25) is 9.69 Å². The first-order valence-electron chi connectivity index (χ1n) is 7.51. The molecule has 118 valence electrons. The van der Waals surface area contributed by atoms with E-state index in [0.717, 1.165) is 17.7 Å². The minimum atomic E-state index is -0.920. The molecule has 6 nitrogen and oxygen atoms in total. The number of urea groups is 1. The molecule has 2 atom stereocenters. The van der Waals surface area contributed by atoms with E-state index in [0.29, 0.717) is 5.75 Å². The highest BCUT2D eigenvalue weighted by Crippen LogP contribution is 2.42. The molecule has 6 heteroatoms. The van der Waals surface area contributed by atoms with Gasteiger partial charge in [0.15, 0.2) is 0 Å². The molecule has 1 heterocycles. The van der Waals surface area contributed by atoms with Gasteiger partial charge in [0.25, 0.3) is 5.91 Å². The van der Waals surface area contributed by atoms with Gasteiger partial charge < -0.3 is 15.2 Å². The lowest BCUT2D eigenvalue weighted by Crippen LogP contribution is -2.46. The zero-order valence-corrected chi connectivity index (χ0v) is 12.5. The molecule has 2 aliphatic rings. The summed E-state index contributed by atoms with van der Waals surface area (Å²) < 4.78 is 5.44. The van der Waals surface area contributed by atoms with Gasteiger partial charge in [-0.2, -0.15) is 0 Å². The Kier molecular flexibility index (Phi) is 3.78. The van der Waals surface area contributed by atoms with Gasteiger partial charge in [0.1, 0.15) is 24.0 Å². The van der Waals surface area contributed by atoms with E-state index in [1.165, 1.54) is 0 Å². The third-order valence-electron chi connectivity index (χ3n) is 4.27. The van der Waals surface area contributed by atoms with Crippen LogP contribution in [0.2, 0.25) is 0 Å². The zero-order chi connectivity index (χ0) is 15.7. The Balaban J connectivity index is 1.56. The van der Waals surface area contributed by atoms with Crippen molar-refractivity contribution in [2.75, 3.05) is 13.2 Å². The van der Waals surface area contributed by atoms with Crippen LogP contribution in [0, 0.1) is 5.92 Å². The van der Waals surface area contributed by atoms with Crippen molar-refractivity contribution in [3.05, 3.63) is 30.3 Å². The van der Waals surface area contributed by atoms with E-state index < -0.39 is 17.7 Å². The molecule has 1 saturated heterocycles. The molecule has 2 N–H and O–H groups in total. The fourth-order valence-electron chi connectivity index (χ4n) is 2.79. The number of para-hydroxylation sites is 1. The van der Waals surface area contributed by atoms with Gasteiger partial charge in [-0.1, -0.05) is 18.2 Å². The fourth-order valence-corrected chi connectivity index (χ4v) is 2.79. The van der Waals surface area contributed by atoms with Crippen molar-refractivity contribution in [1.29, 1.82) is 0 Å². The van der Waals surface area contributed by atoms with Gasteiger partial charge in [0, 0.05) is 0 Å². The molecule has 1 aliphatic carbocycles. The summed E-state index contributed by atoms with van der Waals surface area (Å²) in [6.45, 7) is 1.73. The average Bonchev–Trinajstić information content (AvgIpc) is 3.33. The predicted octanol–water partition coefficient (Wildman–Crippen LogP) is 1.15. The van der Waals surface area contributed by atoms with Crippen molar-refractivity contribution in [3.63, 3.8) is 0 Å². The van der Waals surface area contributed by atoms with E-state index in [4.69, 9.17) is 4.74 Å². The van der Waals surface area contributed by atoms with Crippen LogP contribution in [-0.2, 0) is 4.79 Å². The van der Waals surface area contributed by atoms with E-state index in [1.807, 2.05) is 18.2 Å². The molecule has 0 unspecified atom stereocenters. The second-order valence-corrected chi connectivity index (χ2v) is 6.10. The van der Waals surface area contributed by atoms with E-state index in [2.05, 4.69) is 5.32 Å². The zero-order valence-electron chi connectivity index (χ0n) is 12.5. The number of nitrogens with one attached hydrogen (secondary N) is 1.